The van der Waals surface area contributed by atoms with Gasteiger partial charge in [-0.25, -0.2) is 9.82 Å². The molecule has 0 fully saturated rings. The highest BCUT2D eigenvalue weighted by molar-refractivity contribution is 6.10. The van der Waals surface area contributed by atoms with E-state index in [4.69, 9.17) is 4.74 Å². The molecular formula is C13H13FN2O3. The molecule has 1 atom stereocenters. The monoisotopic (exact) mass is 264 g/mol. The Hall–Kier alpha value is -2.24. The summed E-state index contributed by atoms with van der Waals surface area (Å²) < 4.78 is 17.7. The molecule has 0 saturated heterocycles. The quantitative estimate of drug-likeness (QED) is 0.659. The SMILES string of the molecule is CCOC(=O)C1CC(c2ccc(F)cc2)=NNC1=O. The third-order valence-corrected chi connectivity index (χ3v) is 2.76. The molecule has 0 aliphatic carbocycles. The molecule has 1 aromatic rings. The number of hydrazone groups is 1. The van der Waals surface area contributed by atoms with Gasteiger partial charge in [-0.2, -0.15) is 5.10 Å². The first-order valence-corrected chi connectivity index (χ1v) is 5.90. The fourth-order valence-corrected chi connectivity index (χ4v) is 1.79. The molecule has 6 heteroatoms. The van der Waals surface area contributed by atoms with Crippen molar-refractivity contribution in [2.45, 2.75) is 13.3 Å². The van der Waals surface area contributed by atoms with Gasteiger partial charge in [0.2, 0.25) is 0 Å². The number of nitrogens with zero attached hydrogens (tertiary/aromatic N) is 1. The van der Waals surface area contributed by atoms with Gasteiger partial charge in [0.05, 0.1) is 12.3 Å². The Morgan fingerprint density at radius 2 is 2.16 bits per heavy atom. The number of rotatable bonds is 3. The second kappa shape index (κ2) is 5.60. The zero-order valence-electron chi connectivity index (χ0n) is 10.4. The summed E-state index contributed by atoms with van der Waals surface area (Å²) in [6.07, 6.45) is 0.149. The number of amides is 1. The predicted molar refractivity (Wildman–Crippen MR) is 65.8 cm³/mol. The molecule has 5 nitrogen and oxygen atoms in total. The summed E-state index contributed by atoms with van der Waals surface area (Å²) in [5.74, 6) is -2.32. The lowest BCUT2D eigenvalue weighted by Crippen LogP contribution is -2.40. The molecule has 0 bridgehead atoms. The van der Waals surface area contributed by atoms with E-state index < -0.39 is 17.8 Å². The van der Waals surface area contributed by atoms with E-state index in [0.717, 1.165) is 0 Å². The van der Waals surface area contributed by atoms with Crippen molar-refractivity contribution in [3.8, 4) is 0 Å². The Balaban J connectivity index is 2.18. The predicted octanol–water partition coefficient (Wildman–Crippen LogP) is 1.23. The van der Waals surface area contributed by atoms with E-state index in [-0.39, 0.29) is 18.8 Å². The third kappa shape index (κ3) is 2.96. The highest BCUT2D eigenvalue weighted by atomic mass is 19.1. The van der Waals surface area contributed by atoms with Crippen molar-refractivity contribution in [3.63, 3.8) is 0 Å². The van der Waals surface area contributed by atoms with E-state index in [1.54, 1.807) is 19.1 Å². The van der Waals surface area contributed by atoms with Crippen molar-refractivity contribution >= 4 is 17.6 Å². The fourth-order valence-electron chi connectivity index (χ4n) is 1.79. The van der Waals surface area contributed by atoms with Gasteiger partial charge in [0.25, 0.3) is 5.91 Å². The lowest BCUT2D eigenvalue weighted by molar-refractivity contribution is -0.152. The standard InChI is InChI=1S/C13H13FN2O3/c1-2-19-13(18)10-7-11(15-16-12(10)17)8-3-5-9(14)6-4-8/h3-6,10H,2,7H2,1H3,(H,16,17). The number of ether oxygens (including phenoxy) is 1. The average molecular weight is 264 g/mol. The summed E-state index contributed by atoms with van der Waals surface area (Å²) in [4.78, 5) is 23.2. The molecule has 1 N–H and O–H groups in total. The highest BCUT2D eigenvalue weighted by Gasteiger charge is 2.33. The van der Waals surface area contributed by atoms with E-state index in [9.17, 15) is 14.0 Å². The van der Waals surface area contributed by atoms with Crippen LogP contribution in [0.5, 0.6) is 0 Å². The molecule has 2 rings (SSSR count). The summed E-state index contributed by atoms with van der Waals surface area (Å²) in [6.45, 7) is 1.89. The number of carbonyl (C=O) groups is 2. The summed E-state index contributed by atoms with van der Waals surface area (Å²) in [5.41, 5.74) is 3.48. The Morgan fingerprint density at radius 1 is 1.47 bits per heavy atom. The molecule has 19 heavy (non-hydrogen) atoms. The van der Waals surface area contributed by atoms with Gasteiger partial charge in [-0.15, -0.1) is 0 Å². The van der Waals surface area contributed by atoms with E-state index in [0.29, 0.717) is 11.3 Å². The summed E-state index contributed by atoms with van der Waals surface area (Å²) in [5, 5.41) is 3.89. The van der Waals surface area contributed by atoms with Crippen LogP contribution < -0.4 is 5.43 Å². The number of benzene rings is 1. The maximum atomic E-state index is 12.8. The molecule has 0 radical (unpaired) electrons. The number of hydrogen-bond donors (Lipinski definition) is 1. The zero-order valence-corrected chi connectivity index (χ0v) is 10.4. The van der Waals surface area contributed by atoms with Gasteiger partial charge in [-0.1, -0.05) is 12.1 Å². The van der Waals surface area contributed by atoms with E-state index in [1.807, 2.05) is 0 Å². The van der Waals surface area contributed by atoms with Gasteiger partial charge in [-0.3, -0.25) is 9.59 Å². The van der Waals surface area contributed by atoms with E-state index in [2.05, 4.69) is 10.5 Å². The molecular weight excluding hydrogens is 251 g/mol. The third-order valence-electron chi connectivity index (χ3n) is 2.76. The topological polar surface area (TPSA) is 67.8 Å². The van der Waals surface area contributed by atoms with Crippen molar-refractivity contribution in [1.82, 2.24) is 5.43 Å². The Bertz CT molecular complexity index is 525. The van der Waals surface area contributed by atoms with Crippen LogP contribution in [0.15, 0.2) is 29.4 Å². The van der Waals surface area contributed by atoms with Crippen LogP contribution >= 0.6 is 0 Å². The first-order chi connectivity index (χ1) is 9.11. The number of hydrogen-bond acceptors (Lipinski definition) is 4. The van der Waals surface area contributed by atoms with Crippen LogP contribution in [0, 0.1) is 11.7 Å². The molecule has 1 aliphatic heterocycles. The minimum atomic E-state index is -0.905. The Kier molecular flexibility index (Phi) is 3.89. The van der Waals surface area contributed by atoms with Crippen molar-refractivity contribution < 1.29 is 18.7 Å². The van der Waals surface area contributed by atoms with Gasteiger partial charge in [-0.05, 0) is 24.6 Å². The second-order valence-electron chi connectivity index (χ2n) is 4.05. The van der Waals surface area contributed by atoms with Crippen LogP contribution in [-0.2, 0) is 14.3 Å². The van der Waals surface area contributed by atoms with Crippen LogP contribution in [0.3, 0.4) is 0 Å². The largest absolute Gasteiger partial charge is 0.465 e. The number of esters is 1. The fraction of sp³-hybridized carbons (Fsp3) is 0.308. The molecule has 1 aromatic carbocycles. The molecule has 1 aliphatic rings. The number of nitrogens with one attached hydrogen (secondary N) is 1. The summed E-state index contributed by atoms with van der Waals surface area (Å²) in [7, 11) is 0. The molecule has 1 heterocycles. The first kappa shape index (κ1) is 13.2. The highest BCUT2D eigenvalue weighted by Crippen LogP contribution is 2.17. The molecule has 0 saturated carbocycles. The summed E-state index contributed by atoms with van der Waals surface area (Å²) >= 11 is 0. The zero-order chi connectivity index (χ0) is 13.8. The maximum absolute atomic E-state index is 12.8. The smallest absolute Gasteiger partial charge is 0.318 e. The van der Waals surface area contributed by atoms with Gasteiger partial charge in [0.1, 0.15) is 11.7 Å². The van der Waals surface area contributed by atoms with Gasteiger partial charge in [0.15, 0.2) is 0 Å². The lowest BCUT2D eigenvalue weighted by atomic mass is 9.95. The van der Waals surface area contributed by atoms with E-state index in [1.165, 1.54) is 12.1 Å². The molecule has 100 valence electrons. The first-order valence-electron chi connectivity index (χ1n) is 5.90. The Morgan fingerprint density at radius 3 is 2.79 bits per heavy atom. The van der Waals surface area contributed by atoms with E-state index >= 15 is 0 Å². The van der Waals surface area contributed by atoms with Crippen LogP contribution in [0.1, 0.15) is 18.9 Å². The van der Waals surface area contributed by atoms with Gasteiger partial charge in [0, 0.05) is 6.42 Å². The van der Waals surface area contributed by atoms with Crippen LogP contribution in [-0.4, -0.2) is 24.2 Å². The van der Waals surface area contributed by atoms with Crippen molar-refractivity contribution in [2.24, 2.45) is 11.0 Å². The number of carbonyl (C=O) groups excluding carboxylic acids is 2. The molecule has 0 aromatic heterocycles. The van der Waals surface area contributed by atoms with Crippen molar-refractivity contribution in [3.05, 3.63) is 35.6 Å². The normalized spacial score (nSPS) is 18.5. The molecule has 1 amide bonds. The van der Waals surface area contributed by atoms with Crippen LogP contribution in [0.2, 0.25) is 0 Å². The Labute approximate surface area is 109 Å². The molecule has 0 spiro atoms. The van der Waals surface area contributed by atoms with Crippen LogP contribution in [0.4, 0.5) is 4.39 Å². The summed E-state index contributed by atoms with van der Waals surface area (Å²) in [6, 6.07) is 5.70. The van der Waals surface area contributed by atoms with Gasteiger partial charge >= 0.3 is 5.97 Å². The second-order valence-corrected chi connectivity index (χ2v) is 4.05. The van der Waals surface area contributed by atoms with Crippen molar-refractivity contribution in [2.75, 3.05) is 6.61 Å². The average Bonchev–Trinajstić information content (AvgIpc) is 2.40. The maximum Gasteiger partial charge on any atom is 0.318 e. The lowest BCUT2D eigenvalue weighted by Gasteiger charge is -2.20. The van der Waals surface area contributed by atoms with Crippen molar-refractivity contribution in [1.29, 1.82) is 0 Å². The minimum Gasteiger partial charge on any atom is -0.465 e. The number of halogens is 1. The van der Waals surface area contributed by atoms with Crippen LogP contribution in [0.25, 0.3) is 0 Å². The molecule has 1 unspecified atom stereocenters. The minimum absolute atomic E-state index is 0.149. The van der Waals surface area contributed by atoms with Gasteiger partial charge < -0.3 is 4.74 Å².